The third-order valence-electron chi connectivity index (χ3n) is 0.109. The lowest BCUT2D eigenvalue weighted by atomic mass is 10.8. The molecule has 0 bridgehead atoms. The molecule has 2 heteroatoms. The molecule has 0 rings (SSSR count). The first-order valence-corrected chi connectivity index (χ1v) is 2.21. The van der Waals surface area contributed by atoms with Crippen molar-refractivity contribution in [1.82, 2.24) is 0 Å². The second-order valence-corrected chi connectivity index (χ2v) is 1.09. The largest absolute Gasteiger partial charge is 0.153 e. The Morgan fingerprint density at radius 3 is 2.00 bits per heavy atom. The van der Waals surface area contributed by atoms with E-state index < -0.39 is 0 Å². The Hall–Kier alpha value is 0.650. The highest BCUT2D eigenvalue weighted by molar-refractivity contribution is 9.09. The molecule has 0 aromatic rings. The van der Waals surface area contributed by atoms with Gasteiger partial charge in [0.25, 0.3) is 0 Å². The molecule has 0 saturated heterocycles. The van der Waals surface area contributed by atoms with Gasteiger partial charge in [-0.25, -0.2) is 0 Å². The van der Waals surface area contributed by atoms with Crippen molar-refractivity contribution >= 4 is 25.8 Å². The first-order valence-electron chi connectivity index (χ1n) is 1.08. The molecule has 1 atom stereocenters. The van der Waals surface area contributed by atoms with Crippen molar-refractivity contribution in [3.05, 3.63) is 12.7 Å². The molecule has 5 heavy (non-hydrogen) atoms. The van der Waals surface area contributed by atoms with Crippen LogP contribution in [0.4, 0.5) is 0 Å². The Bertz CT molecular complexity index is 20.9. The number of hydrogen-bond acceptors (Lipinski definition) is 0. The minimum absolute atomic E-state index is 0. The van der Waals surface area contributed by atoms with E-state index in [1.54, 1.807) is 6.08 Å². The fourth-order valence-corrected chi connectivity index (χ4v) is 0. The van der Waals surface area contributed by atoms with Crippen LogP contribution in [0.5, 0.6) is 0 Å². The second-order valence-electron chi connectivity index (χ2n) is 0.443. The van der Waals surface area contributed by atoms with Crippen LogP contribution in [0.15, 0.2) is 12.7 Å². The molecular formula is C3H8BrP. The van der Waals surface area contributed by atoms with Crippen molar-refractivity contribution < 1.29 is 0 Å². The summed E-state index contributed by atoms with van der Waals surface area (Å²) in [7, 11) is 0. The van der Waals surface area contributed by atoms with E-state index in [0.29, 0.717) is 0 Å². The Morgan fingerprint density at radius 1 is 1.80 bits per heavy atom. The van der Waals surface area contributed by atoms with Gasteiger partial charge in [-0.05, 0) is 0 Å². The summed E-state index contributed by atoms with van der Waals surface area (Å²) in [5, 5.41) is 0.896. The molecule has 0 amide bonds. The number of allylic oxidation sites excluding steroid dienone is 1. The second kappa shape index (κ2) is 8.82. The van der Waals surface area contributed by atoms with Crippen molar-refractivity contribution in [2.45, 2.75) is 0 Å². The van der Waals surface area contributed by atoms with E-state index in [4.69, 9.17) is 0 Å². The zero-order valence-corrected chi connectivity index (χ0v) is 6.08. The number of hydrogen-bond donors (Lipinski definition) is 0. The van der Waals surface area contributed by atoms with E-state index in [2.05, 4.69) is 22.5 Å². The average Bonchev–Trinajstić information content (AvgIpc) is 1.37. The van der Waals surface area contributed by atoms with Crippen LogP contribution in [0, 0.1) is 0 Å². The van der Waals surface area contributed by atoms with Crippen LogP contribution in [0.2, 0.25) is 0 Å². The molecule has 0 aliphatic rings. The predicted molar refractivity (Wildman–Crippen MR) is 35.1 cm³/mol. The van der Waals surface area contributed by atoms with E-state index in [1.807, 2.05) is 0 Å². The van der Waals surface area contributed by atoms with Crippen molar-refractivity contribution in [2.24, 2.45) is 0 Å². The lowest BCUT2D eigenvalue weighted by Gasteiger charge is -1.55. The van der Waals surface area contributed by atoms with Gasteiger partial charge < -0.3 is 0 Å². The minimum atomic E-state index is 0. The molecule has 0 fully saturated rings. The SMILES string of the molecule is C=CCBr.P. The molecule has 0 aliphatic heterocycles. The lowest BCUT2D eigenvalue weighted by molar-refractivity contribution is 1.87. The summed E-state index contributed by atoms with van der Waals surface area (Å²) >= 11 is 3.13. The maximum Gasteiger partial charge on any atom is 0.0209 e. The summed E-state index contributed by atoms with van der Waals surface area (Å²) in [4.78, 5) is 0. The van der Waals surface area contributed by atoms with Crippen molar-refractivity contribution in [3.8, 4) is 0 Å². The van der Waals surface area contributed by atoms with Gasteiger partial charge in [-0.3, -0.25) is 0 Å². The van der Waals surface area contributed by atoms with Crippen molar-refractivity contribution in [1.29, 1.82) is 0 Å². The van der Waals surface area contributed by atoms with Crippen LogP contribution >= 0.6 is 25.8 Å². The fourth-order valence-electron chi connectivity index (χ4n) is 0. The summed E-state index contributed by atoms with van der Waals surface area (Å²) < 4.78 is 0. The van der Waals surface area contributed by atoms with Gasteiger partial charge in [-0.15, -0.1) is 6.58 Å². The summed E-state index contributed by atoms with van der Waals surface area (Å²) in [6, 6.07) is 0. The van der Waals surface area contributed by atoms with E-state index >= 15 is 0 Å². The molecule has 0 aromatic carbocycles. The van der Waals surface area contributed by atoms with E-state index in [1.165, 1.54) is 0 Å². The molecule has 0 spiro atoms. The fraction of sp³-hybridized carbons (Fsp3) is 0.333. The van der Waals surface area contributed by atoms with E-state index in [0.717, 1.165) is 5.33 Å². The summed E-state index contributed by atoms with van der Waals surface area (Å²) in [5.74, 6) is 0. The smallest absolute Gasteiger partial charge is 0.0209 e. The third-order valence-corrected chi connectivity index (χ3v) is 0.567. The number of rotatable bonds is 1. The topological polar surface area (TPSA) is 0 Å². The van der Waals surface area contributed by atoms with Gasteiger partial charge in [0.1, 0.15) is 0 Å². The zero-order valence-electron chi connectivity index (χ0n) is 3.08. The van der Waals surface area contributed by atoms with Gasteiger partial charge in [-0.1, -0.05) is 22.0 Å². The van der Waals surface area contributed by atoms with Crippen molar-refractivity contribution in [3.63, 3.8) is 0 Å². The Labute approximate surface area is 44.4 Å². The van der Waals surface area contributed by atoms with Gasteiger partial charge in [0.15, 0.2) is 0 Å². The molecule has 0 aromatic heterocycles. The lowest BCUT2D eigenvalue weighted by Crippen LogP contribution is -1.43. The molecule has 32 valence electrons. The highest BCUT2D eigenvalue weighted by atomic mass is 79.9. The van der Waals surface area contributed by atoms with E-state index in [-0.39, 0.29) is 9.90 Å². The van der Waals surface area contributed by atoms with Crippen molar-refractivity contribution in [2.75, 3.05) is 5.33 Å². The van der Waals surface area contributed by atoms with Gasteiger partial charge in [0, 0.05) is 5.33 Å². The number of alkyl halides is 1. The molecular weight excluding hydrogens is 147 g/mol. The molecule has 0 nitrogen and oxygen atoms in total. The molecule has 0 radical (unpaired) electrons. The Morgan fingerprint density at radius 2 is 2.00 bits per heavy atom. The zero-order chi connectivity index (χ0) is 3.41. The van der Waals surface area contributed by atoms with Gasteiger partial charge in [0.2, 0.25) is 0 Å². The van der Waals surface area contributed by atoms with Crippen LogP contribution < -0.4 is 0 Å². The highest BCUT2D eigenvalue weighted by Gasteiger charge is 1.47. The van der Waals surface area contributed by atoms with Gasteiger partial charge >= 0.3 is 0 Å². The molecule has 0 saturated carbocycles. The minimum Gasteiger partial charge on any atom is -0.153 e. The highest BCUT2D eigenvalue weighted by Crippen LogP contribution is 1.73. The van der Waals surface area contributed by atoms with Gasteiger partial charge in [-0.2, -0.15) is 9.90 Å². The molecule has 0 aliphatic carbocycles. The average molecular weight is 155 g/mol. The van der Waals surface area contributed by atoms with E-state index in [9.17, 15) is 0 Å². The Balaban J connectivity index is 0. The first-order chi connectivity index (χ1) is 1.91. The predicted octanol–water partition coefficient (Wildman–Crippen LogP) is 1.63. The Kier molecular flexibility index (Phi) is 16.2. The van der Waals surface area contributed by atoms with Crippen LogP contribution in [0.25, 0.3) is 0 Å². The van der Waals surface area contributed by atoms with Crippen LogP contribution in [-0.2, 0) is 0 Å². The standard InChI is InChI=1S/C3H5Br.H3P/c1-2-3-4;/h2H,1,3H2;1H3. The third kappa shape index (κ3) is 12.0. The van der Waals surface area contributed by atoms with Crippen LogP contribution in [-0.4, -0.2) is 5.33 Å². The summed E-state index contributed by atoms with van der Waals surface area (Å²) in [5.41, 5.74) is 0. The molecule has 1 unspecified atom stereocenters. The van der Waals surface area contributed by atoms with Crippen LogP contribution in [0.1, 0.15) is 0 Å². The normalized spacial score (nSPS) is 5.00. The van der Waals surface area contributed by atoms with Crippen LogP contribution in [0.3, 0.4) is 0 Å². The quantitative estimate of drug-likeness (QED) is 0.306. The summed E-state index contributed by atoms with van der Waals surface area (Å²) in [6.07, 6.45) is 1.79. The first kappa shape index (κ1) is 9.17. The maximum atomic E-state index is 3.43. The number of halogens is 1. The van der Waals surface area contributed by atoms with Gasteiger partial charge in [0.05, 0.1) is 0 Å². The molecule has 0 N–H and O–H groups in total. The monoisotopic (exact) mass is 154 g/mol. The summed E-state index contributed by atoms with van der Waals surface area (Å²) in [6.45, 7) is 3.43. The maximum absolute atomic E-state index is 3.43. The molecule has 0 heterocycles.